The SMILES string of the molecule is CC(=O)OC1O[C@H](C(O)N=[N+]=[N-])[C@@H](OC(C)=O)[C@@H]1OC(C)=O. The molecule has 22 heavy (non-hydrogen) atoms. The predicted molar refractivity (Wildman–Crippen MR) is 66.7 cm³/mol. The van der Waals surface area contributed by atoms with Gasteiger partial charge < -0.3 is 24.1 Å². The summed E-state index contributed by atoms with van der Waals surface area (Å²) in [4.78, 5) is 35.8. The second-order valence-electron chi connectivity index (χ2n) is 4.35. The van der Waals surface area contributed by atoms with E-state index in [4.69, 9.17) is 24.5 Å². The molecule has 0 aromatic carbocycles. The molecule has 1 aliphatic heterocycles. The fourth-order valence-corrected chi connectivity index (χ4v) is 1.91. The number of hydrogen-bond donors (Lipinski definition) is 1. The summed E-state index contributed by atoms with van der Waals surface area (Å²) >= 11 is 0. The number of azide groups is 1. The van der Waals surface area contributed by atoms with E-state index in [1.807, 2.05) is 0 Å². The second-order valence-corrected chi connectivity index (χ2v) is 4.35. The topological polar surface area (TPSA) is 157 Å². The highest BCUT2D eigenvalue weighted by molar-refractivity contribution is 5.68. The fraction of sp³-hybridized carbons (Fsp3) is 0.727. The summed E-state index contributed by atoms with van der Waals surface area (Å²) in [6.07, 6.45) is -7.15. The molecule has 0 radical (unpaired) electrons. The number of esters is 3. The lowest BCUT2D eigenvalue weighted by atomic mass is 10.1. The zero-order chi connectivity index (χ0) is 16.9. The van der Waals surface area contributed by atoms with Crippen molar-refractivity contribution in [2.75, 3.05) is 0 Å². The third kappa shape index (κ3) is 4.58. The van der Waals surface area contributed by atoms with Gasteiger partial charge in [-0.15, -0.1) is 0 Å². The van der Waals surface area contributed by atoms with Crippen LogP contribution in [0.1, 0.15) is 20.8 Å². The monoisotopic (exact) mass is 317 g/mol. The van der Waals surface area contributed by atoms with E-state index in [0.29, 0.717) is 0 Å². The van der Waals surface area contributed by atoms with Gasteiger partial charge in [-0.05, 0) is 5.53 Å². The van der Waals surface area contributed by atoms with Gasteiger partial charge in [-0.1, -0.05) is 5.11 Å². The largest absolute Gasteiger partial charge is 0.455 e. The Bertz CT molecular complexity index is 504. The maximum absolute atomic E-state index is 11.2. The molecular weight excluding hydrogens is 302 g/mol. The van der Waals surface area contributed by atoms with E-state index < -0.39 is 48.7 Å². The number of hydrogen-bond acceptors (Lipinski definition) is 9. The number of carbonyl (C=O) groups is 3. The van der Waals surface area contributed by atoms with Crippen molar-refractivity contribution in [3.05, 3.63) is 10.4 Å². The minimum absolute atomic E-state index is 0.748. The molecule has 1 rings (SSSR count). The molecule has 0 aromatic heterocycles. The van der Waals surface area contributed by atoms with Crippen LogP contribution in [-0.2, 0) is 33.3 Å². The first-order chi connectivity index (χ1) is 10.3. The van der Waals surface area contributed by atoms with Gasteiger partial charge in [-0.25, -0.2) is 0 Å². The molecule has 122 valence electrons. The van der Waals surface area contributed by atoms with Crippen LogP contribution >= 0.6 is 0 Å². The van der Waals surface area contributed by atoms with Crippen molar-refractivity contribution in [1.29, 1.82) is 0 Å². The summed E-state index contributed by atoms with van der Waals surface area (Å²) in [6.45, 7) is 3.26. The van der Waals surface area contributed by atoms with Gasteiger partial charge in [0.05, 0.1) is 0 Å². The van der Waals surface area contributed by atoms with Crippen LogP contribution in [0, 0.1) is 0 Å². The van der Waals surface area contributed by atoms with Crippen LogP contribution in [-0.4, -0.2) is 53.8 Å². The molecule has 11 nitrogen and oxygen atoms in total. The van der Waals surface area contributed by atoms with Gasteiger partial charge in [-0.3, -0.25) is 14.4 Å². The van der Waals surface area contributed by atoms with Crippen molar-refractivity contribution in [2.24, 2.45) is 5.11 Å². The number of carbonyl (C=O) groups excluding carboxylic acids is 3. The zero-order valence-corrected chi connectivity index (χ0v) is 12.0. The van der Waals surface area contributed by atoms with Crippen LogP contribution < -0.4 is 0 Å². The standard InChI is InChI=1S/C11H15N3O8/c1-4(15)19-7-8(10(18)13-14-12)22-11(21-6(3)17)9(7)20-5(2)16/h7-11,18H,1-3H3/t7-,8+,9+,10?,11?/m1/s1. The molecule has 1 fully saturated rings. The van der Waals surface area contributed by atoms with E-state index in [1.165, 1.54) is 0 Å². The van der Waals surface area contributed by atoms with Crippen molar-refractivity contribution < 1.29 is 38.4 Å². The highest BCUT2D eigenvalue weighted by Gasteiger charge is 2.53. The first-order valence-corrected chi connectivity index (χ1v) is 6.15. The van der Waals surface area contributed by atoms with Gasteiger partial charge in [0, 0.05) is 25.7 Å². The van der Waals surface area contributed by atoms with Crippen LogP contribution in [0.15, 0.2) is 5.11 Å². The van der Waals surface area contributed by atoms with Crippen molar-refractivity contribution in [3.8, 4) is 0 Å². The van der Waals surface area contributed by atoms with Crippen molar-refractivity contribution in [2.45, 2.75) is 51.6 Å². The van der Waals surface area contributed by atoms with Gasteiger partial charge in [0.2, 0.25) is 12.4 Å². The molecular formula is C11H15N3O8. The van der Waals surface area contributed by atoms with Crippen LogP contribution in [0.3, 0.4) is 0 Å². The van der Waals surface area contributed by atoms with Crippen LogP contribution in [0.2, 0.25) is 0 Å². The second kappa shape index (κ2) is 7.59. The van der Waals surface area contributed by atoms with Crippen LogP contribution in [0.25, 0.3) is 10.4 Å². The van der Waals surface area contributed by atoms with Crippen LogP contribution in [0.5, 0.6) is 0 Å². The van der Waals surface area contributed by atoms with Crippen LogP contribution in [0.4, 0.5) is 0 Å². The molecule has 1 N–H and O–H groups in total. The molecule has 1 saturated heterocycles. The molecule has 0 amide bonds. The third-order valence-corrected chi connectivity index (χ3v) is 2.56. The Balaban J connectivity index is 3.10. The van der Waals surface area contributed by atoms with Crippen molar-refractivity contribution >= 4 is 17.9 Å². The molecule has 0 aromatic rings. The average molecular weight is 317 g/mol. The first kappa shape index (κ1) is 17.7. The van der Waals surface area contributed by atoms with Crippen molar-refractivity contribution in [3.63, 3.8) is 0 Å². The number of nitrogens with zero attached hydrogens (tertiary/aromatic N) is 3. The Labute approximate surface area is 124 Å². The summed E-state index contributed by atoms with van der Waals surface area (Å²) in [5.41, 5.74) is 8.35. The molecule has 1 aliphatic rings. The molecule has 0 spiro atoms. The van der Waals surface area contributed by atoms with E-state index in [9.17, 15) is 19.5 Å². The summed E-state index contributed by atoms with van der Waals surface area (Å²) in [5, 5.41) is 12.7. The summed E-state index contributed by atoms with van der Waals surface area (Å²) < 4.78 is 19.9. The minimum Gasteiger partial charge on any atom is -0.455 e. The maximum Gasteiger partial charge on any atom is 0.305 e. The van der Waals surface area contributed by atoms with Gasteiger partial charge in [0.15, 0.2) is 12.3 Å². The molecule has 0 saturated carbocycles. The summed E-state index contributed by atoms with van der Waals surface area (Å²) in [6, 6.07) is 0. The number of aliphatic hydroxyl groups is 1. The molecule has 2 unspecified atom stereocenters. The van der Waals surface area contributed by atoms with E-state index in [1.54, 1.807) is 0 Å². The maximum atomic E-state index is 11.2. The minimum atomic E-state index is -1.74. The third-order valence-electron chi connectivity index (χ3n) is 2.56. The molecule has 5 atom stereocenters. The number of rotatable bonds is 5. The number of ether oxygens (including phenoxy) is 4. The average Bonchev–Trinajstić information content (AvgIpc) is 2.67. The molecule has 0 bridgehead atoms. The van der Waals surface area contributed by atoms with Gasteiger partial charge >= 0.3 is 17.9 Å². The normalized spacial score (nSPS) is 28.2. The number of aliphatic hydroxyl groups excluding tert-OH is 1. The molecule has 11 heteroatoms. The van der Waals surface area contributed by atoms with Gasteiger partial charge in [0.25, 0.3) is 0 Å². The van der Waals surface area contributed by atoms with E-state index in [-0.39, 0.29) is 0 Å². The Morgan fingerprint density at radius 3 is 2.05 bits per heavy atom. The quantitative estimate of drug-likeness (QED) is 0.239. The first-order valence-electron chi connectivity index (χ1n) is 6.15. The summed E-state index contributed by atoms with van der Waals surface area (Å²) in [7, 11) is 0. The van der Waals surface area contributed by atoms with E-state index >= 15 is 0 Å². The van der Waals surface area contributed by atoms with E-state index in [2.05, 4.69) is 10.0 Å². The fourth-order valence-electron chi connectivity index (χ4n) is 1.91. The lowest BCUT2D eigenvalue weighted by molar-refractivity contribution is -0.198. The highest BCUT2D eigenvalue weighted by atomic mass is 16.7. The Hall–Kier alpha value is -2.36. The smallest absolute Gasteiger partial charge is 0.305 e. The zero-order valence-electron chi connectivity index (χ0n) is 12.0. The Kier molecular flexibility index (Phi) is 6.11. The van der Waals surface area contributed by atoms with Gasteiger partial charge in [0.1, 0.15) is 6.10 Å². The predicted octanol–water partition coefficient (Wildman–Crippen LogP) is -0.234. The summed E-state index contributed by atoms with van der Waals surface area (Å²) in [5.74, 6) is -2.25. The highest BCUT2D eigenvalue weighted by Crippen LogP contribution is 2.30. The lowest BCUT2D eigenvalue weighted by Gasteiger charge is -2.23. The van der Waals surface area contributed by atoms with E-state index in [0.717, 1.165) is 20.8 Å². The Morgan fingerprint density at radius 2 is 1.59 bits per heavy atom. The Morgan fingerprint density at radius 1 is 1.09 bits per heavy atom. The molecule has 0 aliphatic carbocycles. The van der Waals surface area contributed by atoms with Gasteiger partial charge in [-0.2, -0.15) is 0 Å². The lowest BCUT2D eigenvalue weighted by Crippen LogP contribution is -2.43. The van der Waals surface area contributed by atoms with Crippen molar-refractivity contribution in [1.82, 2.24) is 0 Å². The molecule has 1 heterocycles.